The van der Waals surface area contributed by atoms with E-state index in [0.717, 1.165) is 25.0 Å². The van der Waals surface area contributed by atoms with Crippen LogP contribution < -0.4 is 5.32 Å². The number of rotatable bonds is 6. The van der Waals surface area contributed by atoms with Crippen molar-refractivity contribution in [3.8, 4) is 0 Å². The largest absolute Gasteiger partial charge is 0.387 e. The van der Waals surface area contributed by atoms with E-state index in [1.165, 1.54) is 6.07 Å². The molecule has 0 heterocycles. The molecule has 1 fully saturated rings. The Hall–Kier alpha value is -1.53. The molecule has 4 nitrogen and oxygen atoms in total. The summed E-state index contributed by atoms with van der Waals surface area (Å²) in [6.45, 7) is 0.233. The summed E-state index contributed by atoms with van der Waals surface area (Å²) in [5, 5.41) is 12.8. The Bertz CT molecular complexity index is 492. The molecule has 1 aliphatic rings. The van der Waals surface area contributed by atoms with Crippen molar-refractivity contribution in [2.24, 2.45) is 0 Å². The first-order valence-electron chi connectivity index (χ1n) is 6.56. The number of hydrogen-bond donors (Lipinski definition) is 2. The van der Waals surface area contributed by atoms with Gasteiger partial charge in [0.2, 0.25) is 5.91 Å². The lowest BCUT2D eigenvalue weighted by Gasteiger charge is -2.20. The van der Waals surface area contributed by atoms with Crippen LogP contribution in [0.25, 0.3) is 0 Å². The number of nitrogens with zero attached hydrogens (tertiary/aromatic N) is 1. The molecule has 1 saturated carbocycles. The number of carbonyl (C=O) groups is 1. The summed E-state index contributed by atoms with van der Waals surface area (Å²) < 4.78 is 26.3. The number of likely N-dealkylation sites (N-methyl/N-ethyl adjacent to an activating group) is 1. The molecule has 0 spiro atoms. The van der Waals surface area contributed by atoms with Crippen molar-refractivity contribution >= 4 is 5.91 Å². The highest BCUT2D eigenvalue weighted by molar-refractivity contribution is 5.78. The van der Waals surface area contributed by atoms with Crippen LogP contribution in [0.15, 0.2) is 18.2 Å². The monoisotopic (exact) mass is 284 g/mol. The third-order valence-corrected chi connectivity index (χ3v) is 3.16. The standard InChI is InChI=1S/C14H18F2N2O2/c1-18(8-14(20)17-10-3-4-10)7-13(19)11-5-2-9(15)6-12(11)16/h2,5-6,10,13,19H,3-4,7-8H2,1H3,(H,17,20). The molecule has 1 aromatic rings. The van der Waals surface area contributed by atoms with Gasteiger partial charge in [-0.25, -0.2) is 8.78 Å². The third kappa shape index (κ3) is 4.25. The molecule has 0 bridgehead atoms. The molecule has 0 radical (unpaired) electrons. The minimum atomic E-state index is -1.10. The van der Waals surface area contributed by atoms with Crippen LogP contribution in [0.1, 0.15) is 24.5 Å². The van der Waals surface area contributed by atoms with Gasteiger partial charge in [0.1, 0.15) is 11.6 Å². The minimum absolute atomic E-state index is 0.0286. The second-order valence-electron chi connectivity index (χ2n) is 5.22. The highest BCUT2D eigenvalue weighted by Gasteiger charge is 2.24. The summed E-state index contributed by atoms with van der Waals surface area (Å²) in [5.41, 5.74) is 0.0286. The summed E-state index contributed by atoms with van der Waals surface area (Å²) in [6, 6.07) is 3.34. The van der Waals surface area contributed by atoms with E-state index in [9.17, 15) is 18.7 Å². The van der Waals surface area contributed by atoms with E-state index in [2.05, 4.69) is 5.32 Å². The lowest BCUT2D eigenvalue weighted by molar-refractivity contribution is -0.122. The number of halogens is 2. The van der Waals surface area contributed by atoms with Crippen LogP contribution >= 0.6 is 0 Å². The first-order valence-corrected chi connectivity index (χ1v) is 6.56. The zero-order valence-electron chi connectivity index (χ0n) is 11.3. The van der Waals surface area contributed by atoms with E-state index in [0.29, 0.717) is 0 Å². The highest BCUT2D eigenvalue weighted by atomic mass is 19.1. The molecular weight excluding hydrogens is 266 g/mol. The normalized spacial score (nSPS) is 16.2. The Morgan fingerprint density at radius 3 is 2.80 bits per heavy atom. The van der Waals surface area contributed by atoms with Gasteiger partial charge in [-0.2, -0.15) is 0 Å². The van der Waals surface area contributed by atoms with Crippen LogP contribution in [0.3, 0.4) is 0 Å². The van der Waals surface area contributed by atoms with Crippen LogP contribution in [0.2, 0.25) is 0 Å². The quantitative estimate of drug-likeness (QED) is 0.825. The number of aliphatic hydroxyl groups is 1. The van der Waals surface area contributed by atoms with Gasteiger partial charge in [-0.3, -0.25) is 9.69 Å². The van der Waals surface area contributed by atoms with Gasteiger partial charge < -0.3 is 10.4 Å². The number of aliphatic hydroxyl groups excluding tert-OH is 1. The predicted octanol–water partition coefficient (Wildman–Crippen LogP) is 1.21. The maximum atomic E-state index is 13.5. The maximum absolute atomic E-state index is 13.5. The number of hydrogen-bond acceptors (Lipinski definition) is 3. The molecular formula is C14H18F2N2O2. The van der Waals surface area contributed by atoms with Gasteiger partial charge in [0, 0.05) is 24.2 Å². The van der Waals surface area contributed by atoms with Crippen LogP contribution in [0.4, 0.5) is 8.78 Å². The van der Waals surface area contributed by atoms with E-state index in [1.807, 2.05) is 0 Å². The highest BCUT2D eigenvalue weighted by Crippen LogP contribution is 2.20. The molecule has 1 unspecified atom stereocenters. The van der Waals surface area contributed by atoms with Crippen LogP contribution in [0, 0.1) is 11.6 Å². The number of nitrogens with one attached hydrogen (secondary N) is 1. The molecule has 0 saturated heterocycles. The van der Waals surface area contributed by atoms with Crippen LogP contribution in [0.5, 0.6) is 0 Å². The third-order valence-electron chi connectivity index (χ3n) is 3.16. The van der Waals surface area contributed by atoms with E-state index in [-0.39, 0.29) is 30.6 Å². The molecule has 2 N–H and O–H groups in total. The minimum Gasteiger partial charge on any atom is -0.387 e. The summed E-state index contributed by atoms with van der Waals surface area (Å²) >= 11 is 0. The van der Waals surface area contributed by atoms with Crippen molar-refractivity contribution in [3.05, 3.63) is 35.4 Å². The molecule has 110 valence electrons. The van der Waals surface area contributed by atoms with Gasteiger partial charge in [0.25, 0.3) is 0 Å². The van der Waals surface area contributed by atoms with Crippen molar-refractivity contribution in [2.75, 3.05) is 20.1 Å². The molecule has 1 aromatic carbocycles. The average Bonchev–Trinajstić information content (AvgIpc) is 3.11. The lowest BCUT2D eigenvalue weighted by Crippen LogP contribution is -2.38. The fourth-order valence-electron chi connectivity index (χ4n) is 1.98. The summed E-state index contributed by atoms with van der Waals surface area (Å²) in [5.74, 6) is -1.58. The molecule has 0 aliphatic heterocycles. The lowest BCUT2D eigenvalue weighted by atomic mass is 10.1. The molecule has 1 atom stereocenters. The molecule has 1 amide bonds. The first kappa shape index (κ1) is 14.9. The summed E-state index contributed by atoms with van der Waals surface area (Å²) in [4.78, 5) is 13.2. The number of amides is 1. The Kier molecular flexibility index (Phi) is 4.67. The smallest absolute Gasteiger partial charge is 0.234 e. The van der Waals surface area contributed by atoms with Crippen LogP contribution in [-0.4, -0.2) is 42.1 Å². The van der Waals surface area contributed by atoms with E-state index >= 15 is 0 Å². The second-order valence-corrected chi connectivity index (χ2v) is 5.22. The van der Waals surface area contributed by atoms with Crippen molar-refractivity contribution in [1.82, 2.24) is 10.2 Å². The van der Waals surface area contributed by atoms with Crippen molar-refractivity contribution in [2.45, 2.75) is 25.0 Å². The topological polar surface area (TPSA) is 52.6 Å². The van der Waals surface area contributed by atoms with Crippen molar-refractivity contribution in [3.63, 3.8) is 0 Å². The Morgan fingerprint density at radius 2 is 2.20 bits per heavy atom. The SMILES string of the molecule is CN(CC(=O)NC1CC1)CC(O)c1ccc(F)cc1F. The van der Waals surface area contributed by atoms with E-state index < -0.39 is 17.7 Å². The average molecular weight is 284 g/mol. The van der Waals surface area contributed by atoms with Gasteiger partial charge in [0.05, 0.1) is 12.6 Å². The zero-order valence-corrected chi connectivity index (χ0v) is 11.3. The van der Waals surface area contributed by atoms with Gasteiger partial charge in [0.15, 0.2) is 0 Å². The zero-order chi connectivity index (χ0) is 14.7. The summed E-state index contributed by atoms with van der Waals surface area (Å²) in [7, 11) is 1.66. The number of carbonyl (C=O) groups excluding carboxylic acids is 1. The molecule has 0 aromatic heterocycles. The van der Waals surface area contributed by atoms with Crippen molar-refractivity contribution < 1.29 is 18.7 Å². The fourth-order valence-corrected chi connectivity index (χ4v) is 1.98. The molecule has 1 aliphatic carbocycles. The van der Waals surface area contributed by atoms with Gasteiger partial charge >= 0.3 is 0 Å². The van der Waals surface area contributed by atoms with E-state index in [4.69, 9.17) is 0 Å². The Morgan fingerprint density at radius 1 is 1.50 bits per heavy atom. The molecule has 6 heteroatoms. The van der Waals surface area contributed by atoms with Crippen LogP contribution in [-0.2, 0) is 4.79 Å². The van der Waals surface area contributed by atoms with Gasteiger partial charge in [-0.15, -0.1) is 0 Å². The van der Waals surface area contributed by atoms with Gasteiger partial charge in [-0.1, -0.05) is 6.07 Å². The second kappa shape index (κ2) is 6.28. The summed E-state index contributed by atoms with van der Waals surface area (Å²) in [6.07, 6.45) is 0.923. The van der Waals surface area contributed by atoms with Crippen molar-refractivity contribution in [1.29, 1.82) is 0 Å². The first-order chi connectivity index (χ1) is 9.45. The van der Waals surface area contributed by atoms with Gasteiger partial charge in [-0.05, 0) is 26.0 Å². The predicted molar refractivity (Wildman–Crippen MR) is 70.0 cm³/mol. The molecule has 2 rings (SSSR count). The number of benzene rings is 1. The fraction of sp³-hybridized carbons (Fsp3) is 0.500. The molecule has 20 heavy (non-hydrogen) atoms. The Balaban J connectivity index is 1.85. The van der Waals surface area contributed by atoms with E-state index in [1.54, 1.807) is 11.9 Å². The Labute approximate surface area is 116 Å². The maximum Gasteiger partial charge on any atom is 0.234 e.